The first kappa shape index (κ1) is 17.2. The summed E-state index contributed by atoms with van der Waals surface area (Å²) < 4.78 is 5.43. The van der Waals surface area contributed by atoms with E-state index in [0.29, 0.717) is 25.5 Å². The fourth-order valence-corrected chi connectivity index (χ4v) is 2.59. The topological polar surface area (TPSA) is 75.6 Å². The van der Waals surface area contributed by atoms with Crippen LogP contribution in [0, 0.1) is 0 Å². The van der Waals surface area contributed by atoms with Crippen LogP contribution in [0.25, 0.3) is 0 Å². The van der Waals surface area contributed by atoms with Gasteiger partial charge in [0.1, 0.15) is 6.10 Å². The highest BCUT2D eigenvalue weighted by molar-refractivity contribution is 5.79. The van der Waals surface area contributed by atoms with Crippen molar-refractivity contribution < 1.29 is 9.53 Å². The van der Waals surface area contributed by atoms with Crippen molar-refractivity contribution in [2.75, 3.05) is 13.6 Å². The van der Waals surface area contributed by atoms with Crippen LogP contribution in [0.2, 0.25) is 0 Å². The van der Waals surface area contributed by atoms with Crippen LogP contribution in [0.3, 0.4) is 0 Å². The number of nitrogens with one attached hydrogen (secondary N) is 2. The van der Waals surface area contributed by atoms with Crippen molar-refractivity contribution in [2.24, 2.45) is 4.99 Å². The summed E-state index contributed by atoms with van der Waals surface area (Å²) in [5.41, 5.74) is 0.954. The molecule has 1 fully saturated rings. The standard InChI is InChI=1S/C17H26N4O2/c1-18-17(21-13-14-7-4-5-11-19-14)20-12-6-10-16(22)23-15-8-2-3-9-15/h4-5,7,11,15H,2-3,6,8-10,12-13H2,1H3,(H2,18,20,21). The second-order valence-corrected chi connectivity index (χ2v) is 5.67. The maximum Gasteiger partial charge on any atom is 0.306 e. The average molecular weight is 318 g/mol. The third kappa shape index (κ3) is 6.67. The summed E-state index contributed by atoms with van der Waals surface area (Å²) in [6.07, 6.45) is 7.50. The fourth-order valence-electron chi connectivity index (χ4n) is 2.59. The summed E-state index contributed by atoms with van der Waals surface area (Å²) in [6.45, 7) is 1.30. The van der Waals surface area contributed by atoms with Crippen molar-refractivity contribution in [3.63, 3.8) is 0 Å². The Bertz CT molecular complexity index is 499. The average Bonchev–Trinajstić information content (AvgIpc) is 3.08. The van der Waals surface area contributed by atoms with Crippen LogP contribution in [0.15, 0.2) is 29.4 Å². The van der Waals surface area contributed by atoms with E-state index in [1.165, 1.54) is 12.8 Å². The van der Waals surface area contributed by atoms with Gasteiger partial charge < -0.3 is 15.4 Å². The van der Waals surface area contributed by atoms with E-state index in [0.717, 1.165) is 25.0 Å². The lowest BCUT2D eigenvalue weighted by molar-refractivity contribution is -0.148. The Kier molecular flexibility index (Phi) is 7.36. The van der Waals surface area contributed by atoms with Crippen LogP contribution in [0.1, 0.15) is 44.2 Å². The van der Waals surface area contributed by atoms with Gasteiger partial charge in [-0.05, 0) is 44.2 Å². The fraction of sp³-hybridized carbons (Fsp3) is 0.588. The highest BCUT2D eigenvalue weighted by Gasteiger charge is 2.18. The number of guanidine groups is 1. The van der Waals surface area contributed by atoms with Gasteiger partial charge in [-0.1, -0.05) is 6.07 Å². The highest BCUT2D eigenvalue weighted by atomic mass is 16.5. The molecule has 0 unspecified atom stereocenters. The zero-order valence-corrected chi connectivity index (χ0v) is 13.8. The molecule has 1 heterocycles. The summed E-state index contributed by atoms with van der Waals surface area (Å²) >= 11 is 0. The molecule has 0 radical (unpaired) electrons. The third-order valence-electron chi connectivity index (χ3n) is 3.84. The summed E-state index contributed by atoms with van der Waals surface area (Å²) in [6, 6.07) is 5.80. The number of hydrogen-bond donors (Lipinski definition) is 2. The zero-order valence-electron chi connectivity index (χ0n) is 13.8. The maximum absolute atomic E-state index is 11.7. The van der Waals surface area contributed by atoms with E-state index < -0.39 is 0 Å². The molecule has 0 bridgehead atoms. The van der Waals surface area contributed by atoms with E-state index in [4.69, 9.17) is 4.74 Å². The Balaban J connectivity index is 1.57. The second-order valence-electron chi connectivity index (χ2n) is 5.67. The summed E-state index contributed by atoms with van der Waals surface area (Å²) in [5.74, 6) is 0.620. The van der Waals surface area contributed by atoms with Crippen molar-refractivity contribution in [1.82, 2.24) is 15.6 Å². The summed E-state index contributed by atoms with van der Waals surface area (Å²) in [5, 5.41) is 6.38. The molecule has 126 valence electrons. The normalized spacial score (nSPS) is 15.4. The lowest BCUT2D eigenvalue weighted by Gasteiger charge is -2.13. The van der Waals surface area contributed by atoms with Gasteiger partial charge >= 0.3 is 5.97 Å². The van der Waals surface area contributed by atoms with Gasteiger partial charge in [0.25, 0.3) is 0 Å². The van der Waals surface area contributed by atoms with Crippen molar-refractivity contribution in [3.05, 3.63) is 30.1 Å². The molecule has 0 atom stereocenters. The Morgan fingerprint density at radius 2 is 2.17 bits per heavy atom. The quantitative estimate of drug-likeness (QED) is 0.348. The van der Waals surface area contributed by atoms with Gasteiger partial charge in [0.05, 0.1) is 12.2 Å². The number of carbonyl (C=O) groups excluding carboxylic acids is 1. The van der Waals surface area contributed by atoms with Crippen LogP contribution in [-0.4, -0.2) is 36.6 Å². The van der Waals surface area contributed by atoms with Crippen LogP contribution >= 0.6 is 0 Å². The molecule has 0 amide bonds. The third-order valence-corrected chi connectivity index (χ3v) is 3.84. The number of carbonyl (C=O) groups is 1. The van der Waals surface area contributed by atoms with Gasteiger partial charge in [-0.2, -0.15) is 0 Å². The number of aliphatic imine (C=N–C) groups is 1. The molecule has 0 aromatic carbocycles. The molecular weight excluding hydrogens is 292 g/mol. The van der Waals surface area contributed by atoms with Gasteiger partial charge in [-0.3, -0.25) is 14.8 Å². The number of hydrogen-bond acceptors (Lipinski definition) is 4. The van der Waals surface area contributed by atoms with Gasteiger partial charge in [0, 0.05) is 26.2 Å². The lowest BCUT2D eigenvalue weighted by Crippen LogP contribution is -2.37. The van der Waals surface area contributed by atoms with Crippen LogP contribution in [-0.2, 0) is 16.1 Å². The van der Waals surface area contributed by atoms with E-state index in [9.17, 15) is 4.79 Å². The zero-order chi connectivity index (χ0) is 16.3. The van der Waals surface area contributed by atoms with E-state index in [1.54, 1.807) is 13.2 Å². The van der Waals surface area contributed by atoms with E-state index >= 15 is 0 Å². The van der Waals surface area contributed by atoms with Crippen LogP contribution in [0.4, 0.5) is 0 Å². The summed E-state index contributed by atoms with van der Waals surface area (Å²) in [7, 11) is 1.72. The van der Waals surface area contributed by atoms with Crippen molar-refractivity contribution >= 4 is 11.9 Å². The minimum absolute atomic E-state index is 0.0878. The number of aromatic nitrogens is 1. The first-order chi connectivity index (χ1) is 11.3. The molecule has 0 aliphatic heterocycles. The molecule has 0 saturated heterocycles. The second kappa shape index (κ2) is 9.82. The van der Waals surface area contributed by atoms with Gasteiger partial charge in [-0.15, -0.1) is 0 Å². The van der Waals surface area contributed by atoms with E-state index in [2.05, 4.69) is 20.6 Å². The molecular formula is C17H26N4O2. The molecule has 6 nitrogen and oxygen atoms in total. The maximum atomic E-state index is 11.7. The Hall–Kier alpha value is -2.11. The molecule has 1 aliphatic rings. The van der Waals surface area contributed by atoms with E-state index in [-0.39, 0.29) is 12.1 Å². The predicted octanol–water partition coefficient (Wildman–Crippen LogP) is 2.01. The lowest BCUT2D eigenvalue weighted by atomic mass is 10.3. The number of pyridine rings is 1. The first-order valence-corrected chi connectivity index (χ1v) is 8.32. The summed E-state index contributed by atoms with van der Waals surface area (Å²) in [4.78, 5) is 20.1. The number of ether oxygens (including phenoxy) is 1. The molecule has 1 aliphatic carbocycles. The number of rotatable bonds is 7. The van der Waals surface area contributed by atoms with Crippen molar-refractivity contribution in [2.45, 2.75) is 51.2 Å². The molecule has 0 spiro atoms. The number of nitrogens with zero attached hydrogens (tertiary/aromatic N) is 2. The highest BCUT2D eigenvalue weighted by Crippen LogP contribution is 2.21. The van der Waals surface area contributed by atoms with Gasteiger partial charge in [0.2, 0.25) is 0 Å². The predicted molar refractivity (Wildman–Crippen MR) is 90.0 cm³/mol. The van der Waals surface area contributed by atoms with E-state index in [1.807, 2.05) is 18.2 Å². The SMILES string of the molecule is CN=C(NCCCC(=O)OC1CCCC1)NCc1ccccn1. The monoisotopic (exact) mass is 318 g/mol. The Morgan fingerprint density at radius 1 is 1.35 bits per heavy atom. The molecule has 23 heavy (non-hydrogen) atoms. The molecule has 2 rings (SSSR count). The molecule has 2 N–H and O–H groups in total. The van der Waals surface area contributed by atoms with Crippen molar-refractivity contribution in [1.29, 1.82) is 0 Å². The van der Waals surface area contributed by atoms with Gasteiger partial charge in [0.15, 0.2) is 5.96 Å². The van der Waals surface area contributed by atoms with Crippen LogP contribution < -0.4 is 10.6 Å². The molecule has 1 aromatic heterocycles. The smallest absolute Gasteiger partial charge is 0.306 e. The van der Waals surface area contributed by atoms with Crippen molar-refractivity contribution in [3.8, 4) is 0 Å². The Morgan fingerprint density at radius 3 is 2.87 bits per heavy atom. The van der Waals surface area contributed by atoms with Crippen LogP contribution in [0.5, 0.6) is 0 Å². The van der Waals surface area contributed by atoms with Gasteiger partial charge in [-0.25, -0.2) is 0 Å². The molecule has 6 heteroatoms. The first-order valence-electron chi connectivity index (χ1n) is 8.32. The largest absolute Gasteiger partial charge is 0.462 e. The Labute approximate surface area is 137 Å². The molecule has 1 saturated carbocycles. The minimum Gasteiger partial charge on any atom is -0.462 e. The number of esters is 1. The molecule has 1 aromatic rings. The minimum atomic E-state index is -0.0878.